The second kappa shape index (κ2) is 9.68. The highest BCUT2D eigenvalue weighted by Gasteiger charge is 2.58. The van der Waals surface area contributed by atoms with Crippen molar-refractivity contribution >= 4 is 11.6 Å². The summed E-state index contributed by atoms with van der Waals surface area (Å²) in [6.45, 7) is 2.88. The van der Waals surface area contributed by atoms with Crippen LogP contribution in [0.2, 0.25) is 0 Å². The van der Waals surface area contributed by atoms with Crippen molar-refractivity contribution in [2.75, 3.05) is 7.11 Å². The molecule has 0 saturated heterocycles. The fourth-order valence-electron chi connectivity index (χ4n) is 7.89. The van der Waals surface area contributed by atoms with Gasteiger partial charge in [0.15, 0.2) is 5.69 Å². The summed E-state index contributed by atoms with van der Waals surface area (Å²) in [5, 5.41) is 18.3. The molecule has 2 aromatic carbocycles. The van der Waals surface area contributed by atoms with E-state index in [-0.39, 0.29) is 11.2 Å². The normalized spacial score (nSPS) is 27.9. The van der Waals surface area contributed by atoms with Gasteiger partial charge in [0.05, 0.1) is 18.9 Å². The molecule has 1 N–H and O–H groups in total. The molecule has 0 radical (unpaired) electrons. The Morgan fingerprint density at radius 2 is 2.05 bits per heavy atom. The number of phenolic OH excluding ortho intramolecular Hbond substituents is 1. The minimum absolute atomic E-state index is 0.204. The Morgan fingerprint density at radius 1 is 1.21 bits per heavy atom. The van der Waals surface area contributed by atoms with Gasteiger partial charge in [0.25, 0.3) is 0 Å². The summed E-state index contributed by atoms with van der Waals surface area (Å²) in [6, 6.07) is 13.0. The van der Waals surface area contributed by atoms with E-state index >= 15 is 0 Å². The number of carbonyl (C=O) groups excluding carboxylic acids is 2. The highest BCUT2D eigenvalue weighted by atomic mass is 16.5. The monoisotopic (exact) mass is 513 g/mol. The van der Waals surface area contributed by atoms with E-state index < -0.39 is 0 Å². The predicted molar refractivity (Wildman–Crippen MR) is 142 cm³/mol. The van der Waals surface area contributed by atoms with E-state index in [1.807, 2.05) is 18.2 Å². The number of aromatic nitrogens is 3. The molecule has 3 aliphatic rings. The van der Waals surface area contributed by atoms with Crippen LogP contribution in [-0.2, 0) is 17.8 Å². The quantitative estimate of drug-likeness (QED) is 0.428. The van der Waals surface area contributed by atoms with Crippen molar-refractivity contribution in [2.45, 2.75) is 64.3 Å². The SMILES string of the molecule is COc1ccccc1C(=O)c1cn(CCCC2CC(=O)C3(C)CCC4c5ccc(O)cc5CCC4C23)nn1. The first-order valence-corrected chi connectivity index (χ1v) is 13.8. The van der Waals surface area contributed by atoms with Crippen LogP contribution in [0.4, 0.5) is 0 Å². The van der Waals surface area contributed by atoms with Gasteiger partial charge >= 0.3 is 0 Å². The van der Waals surface area contributed by atoms with Crippen LogP contribution in [0, 0.1) is 23.2 Å². The number of nitrogens with zero attached hydrogens (tertiary/aromatic N) is 3. The minimum atomic E-state index is -0.220. The number of ketones is 2. The Hall–Kier alpha value is -3.48. The maximum atomic E-state index is 13.3. The van der Waals surface area contributed by atoms with E-state index in [9.17, 15) is 14.7 Å². The summed E-state index contributed by atoms with van der Waals surface area (Å²) in [4.78, 5) is 26.2. The number of hydrogen-bond donors (Lipinski definition) is 1. The van der Waals surface area contributed by atoms with Crippen molar-refractivity contribution in [2.24, 2.45) is 23.2 Å². The van der Waals surface area contributed by atoms with Crippen molar-refractivity contribution < 1.29 is 19.4 Å². The number of aromatic hydroxyl groups is 1. The lowest BCUT2D eigenvalue weighted by Crippen LogP contribution is -2.44. The first-order chi connectivity index (χ1) is 18.4. The van der Waals surface area contributed by atoms with Crippen molar-refractivity contribution in [3.05, 3.63) is 71.0 Å². The number of Topliss-reactive ketones (excluding diaryl/α,β-unsaturated/α-hetero) is 1. The number of carbonyl (C=O) groups is 2. The summed E-state index contributed by atoms with van der Waals surface area (Å²) in [5.74, 6) is 2.86. The van der Waals surface area contributed by atoms with E-state index in [0.717, 1.165) is 38.5 Å². The third kappa shape index (κ3) is 4.12. The number of para-hydroxylation sites is 1. The lowest BCUT2D eigenvalue weighted by atomic mass is 9.54. The smallest absolute Gasteiger partial charge is 0.218 e. The Bertz CT molecular complexity index is 1380. The van der Waals surface area contributed by atoms with Gasteiger partial charge in [0.1, 0.15) is 17.3 Å². The molecule has 0 aliphatic heterocycles. The number of aryl methyl sites for hydroxylation is 2. The lowest BCUT2D eigenvalue weighted by Gasteiger charge is -2.50. The second-order valence-electron chi connectivity index (χ2n) is 11.6. The average Bonchev–Trinajstić information content (AvgIpc) is 3.50. The molecule has 198 valence electrons. The van der Waals surface area contributed by atoms with Crippen molar-refractivity contribution in [3.8, 4) is 11.5 Å². The van der Waals surface area contributed by atoms with E-state index in [1.165, 1.54) is 11.1 Å². The standard InChI is InChI=1S/C31H35N3O4/c1-31-14-13-23-22-12-10-21(35)16-19(22)9-11-24(23)29(31)20(17-28(31)36)6-5-15-34-18-26(32-33-34)30(37)25-7-3-4-8-27(25)38-2/h3-4,7-8,10,12,16,18,20,23-24,29,35H,5-6,9,11,13-15,17H2,1-2H3. The molecule has 7 nitrogen and oxygen atoms in total. The number of ether oxygens (including phenoxy) is 1. The highest BCUT2D eigenvalue weighted by Crippen LogP contribution is 2.62. The molecule has 1 heterocycles. The molecule has 38 heavy (non-hydrogen) atoms. The molecule has 2 fully saturated rings. The van der Waals surface area contributed by atoms with Gasteiger partial charge < -0.3 is 9.84 Å². The third-order valence-corrected chi connectivity index (χ3v) is 9.64. The summed E-state index contributed by atoms with van der Waals surface area (Å²) in [5.41, 5.74) is 3.22. The molecule has 0 bridgehead atoms. The van der Waals surface area contributed by atoms with Gasteiger partial charge in [-0.25, -0.2) is 0 Å². The molecule has 5 atom stereocenters. The van der Waals surface area contributed by atoms with Gasteiger partial charge in [-0.1, -0.05) is 30.3 Å². The summed E-state index contributed by atoms with van der Waals surface area (Å²) in [6.07, 6.45) is 8.29. The van der Waals surface area contributed by atoms with E-state index in [0.29, 0.717) is 65.2 Å². The van der Waals surface area contributed by atoms with Crippen LogP contribution in [0.5, 0.6) is 11.5 Å². The Balaban J connectivity index is 1.14. The van der Waals surface area contributed by atoms with Crippen LogP contribution in [0.1, 0.15) is 78.5 Å². The van der Waals surface area contributed by atoms with Crippen LogP contribution in [-0.4, -0.2) is 38.8 Å². The van der Waals surface area contributed by atoms with Gasteiger partial charge in [-0.05, 0) is 97.6 Å². The number of methoxy groups -OCH3 is 1. The fraction of sp³-hybridized carbons (Fsp3) is 0.484. The molecule has 5 unspecified atom stereocenters. The number of rotatable bonds is 7. The van der Waals surface area contributed by atoms with Gasteiger partial charge in [-0.3, -0.25) is 14.3 Å². The predicted octanol–water partition coefficient (Wildman–Crippen LogP) is 5.36. The number of fused-ring (bicyclic) bond motifs is 5. The summed E-state index contributed by atoms with van der Waals surface area (Å²) in [7, 11) is 1.55. The molecule has 2 saturated carbocycles. The summed E-state index contributed by atoms with van der Waals surface area (Å²) >= 11 is 0. The Morgan fingerprint density at radius 3 is 2.89 bits per heavy atom. The second-order valence-corrected chi connectivity index (χ2v) is 11.6. The van der Waals surface area contributed by atoms with Crippen LogP contribution in [0.3, 0.4) is 0 Å². The van der Waals surface area contributed by atoms with Gasteiger partial charge in [0, 0.05) is 18.4 Å². The largest absolute Gasteiger partial charge is 0.508 e. The minimum Gasteiger partial charge on any atom is -0.508 e. The van der Waals surface area contributed by atoms with Crippen molar-refractivity contribution in [3.63, 3.8) is 0 Å². The average molecular weight is 514 g/mol. The van der Waals surface area contributed by atoms with Gasteiger partial charge in [-0.2, -0.15) is 0 Å². The zero-order valence-electron chi connectivity index (χ0n) is 22.1. The van der Waals surface area contributed by atoms with Gasteiger partial charge in [0.2, 0.25) is 5.78 Å². The van der Waals surface area contributed by atoms with E-state index in [4.69, 9.17) is 4.74 Å². The lowest BCUT2D eigenvalue weighted by molar-refractivity contribution is -0.129. The van der Waals surface area contributed by atoms with Crippen LogP contribution in [0.25, 0.3) is 0 Å². The van der Waals surface area contributed by atoms with Crippen LogP contribution in [0.15, 0.2) is 48.7 Å². The first-order valence-electron chi connectivity index (χ1n) is 13.8. The van der Waals surface area contributed by atoms with E-state index in [2.05, 4.69) is 23.3 Å². The molecule has 3 aromatic rings. The number of hydrogen-bond acceptors (Lipinski definition) is 6. The molecule has 0 amide bonds. The Kier molecular flexibility index (Phi) is 6.33. The maximum absolute atomic E-state index is 13.3. The van der Waals surface area contributed by atoms with Crippen LogP contribution >= 0.6 is 0 Å². The highest BCUT2D eigenvalue weighted by molar-refractivity contribution is 6.09. The van der Waals surface area contributed by atoms with Crippen molar-refractivity contribution in [1.29, 1.82) is 0 Å². The number of phenols is 1. The fourth-order valence-corrected chi connectivity index (χ4v) is 7.89. The zero-order chi connectivity index (χ0) is 26.4. The van der Waals surface area contributed by atoms with Gasteiger partial charge in [-0.15, -0.1) is 5.10 Å². The Labute approximate surface area is 223 Å². The molecule has 3 aliphatic carbocycles. The molecule has 0 spiro atoms. The molecule has 7 heteroatoms. The first kappa shape index (κ1) is 24.8. The molecular formula is C31H35N3O4. The van der Waals surface area contributed by atoms with Crippen LogP contribution < -0.4 is 4.74 Å². The summed E-state index contributed by atoms with van der Waals surface area (Å²) < 4.78 is 7.07. The third-order valence-electron chi connectivity index (χ3n) is 9.64. The molecule has 6 rings (SSSR count). The number of benzene rings is 2. The van der Waals surface area contributed by atoms with Crippen molar-refractivity contribution in [1.82, 2.24) is 15.0 Å². The molecule has 1 aromatic heterocycles. The van der Waals surface area contributed by atoms with E-state index in [1.54, 1.807) is 36.2 Å². The maximum Gasteiger partial charge on any atom is 0.218 e. The topological polar surface area (TPSA) is 94.3 Å². The molecular weight excluding hydrogens is 478 g/mol. The zero-order valence-corrected chi connectivity index (χ0v) is 22.1.